The zero-order chi connectivity index (χ0) is 22.8. The number of hydrogen-bond acceptors (Lipinski definition) is 4. The van der Waals surface area contributed by atoms with Crippen LogP contribution in [-0.4, -0.2) is 20.0 Å². The Morgan fingerprint density at radius 3 is 2.50 bits per heavy atom. The van der Waals surface area contributed by atoms with Gasteiger partial charge in [-0.25, -0.2) is 14.2 Å². The summed E-state index contributed by atoms with van der Waals surface area (Å²) in [6.07, 6.45) is 1.45. The first-order valence-electron chi connectivity index (χ1n) is 10.0. The Labute approximate surface area is 182 Å². The topological polar surface area (TPSA) is 86.0 Å². The summed E-state index contributed by atoms with van der Waals surface area (Å²) in [6.45, 7) is 3.49. The fraction of sp³-hybridized carbons (Fsp3) is 0.167. The number of amides is 1. The van der Waals surface area contributed by atoms with Gasteiger partial charge in [0.1, 0.15) is 12.4 Å². The number of pyridine rings is 1. The van der Waals surface area contributed by atoms with Crippen LogP contribution in [0.5, 0.6) is 0 Å². The molecule has 0 saturated heterocycles. The molecule has 0 aliphatic carbocycles. The van der Waals surface area contributed by atoms with Crippen LogP contribution in [0.2, 0.25) is 0 Å². The van der Waals surface area contributed by atoms with Crippen LogP contribution < -0.4 is 16.6 Å². The Bertz CT molecular complexity index is 1440. The summed E-state index contributed by atoms with van der Waals surface area (Å²) < 4.78 is 15.5. The molecule has 0 aliphatic heterocycles. The highest BCUT2D eigenvalue weighted by molar-refractivity contribution is 5.92. The van der Waals surface area contributed by atoms with Crippen LogP contribution in [0.1, 0.15) is 16.7 Å². The second kappa shape index (κ2) is 8.58. The molecule has 0 spiro atoms. The third-order valence-electron chi connectivity index (χ3n) is 5.20. The van der Waals surface area contributed by atoms with Gasteiger partial charge in [-0.1, -0.05) is 29.8 Å². The van der Waals surface area contributed by atoms with Crippen LogP contribution in [0.15, 0.2) is 70.4 Å². The van der Waals surface area contributed by atoms with E-state index in [1.54, 1.807) is 18.2 Å². The molecule has 0 atom stereocenters. The molecule has 0 radical (unpaired) electrons. The molecule has 2 heterocycles. The van der Waals surface area contributed by atoms with Crippen LogP contribution in [0.25, 0.3) is 11.0 Å². The van der Waals surface area contributed by atoms with Crippen molar-refractivity contribution >= 4 is 22.6 Å². The number of rotatable bonds is 5. The van der Waals surface area contributed by atoms with Gasteiger partial charge in [-0.2, -0.15) is 0 Å². The number of aromatic nitrogens is 3. The average molecular weight is 432 g/mol. The van der Waals surface area contributed by atoms with E-state index >= 15 is 0 Å². The van der Waals surface area contributed by atoms with Crippen molar-refractivity contribution < 1.29 is 9.18 Å². The van der Waals surface area contributed by atoms with Gasteiger partial charge >= 0.3 is 5.69 Å². The highest BCUT2D eigenvalue weighted by Gasteiger charge is 2.17. The molecule has 32 heavy (non-hydrogen) atoms. The monoisotopic (exact) mass is 432 g/mol. The Balaban J connectivity index is 1.74. The predicted molar refractivity (Wildman–Crippen MR) is 120 cm³/mol. The van der Waals surface area contributed by atoms with E-state index in [-0.39, 0.29) is 24.1 Å². The van der Waals surface area contributed by atoms with Crippen LogP contribution in [0.3, 0.4) is 0 Å². The first kappa shape index (κ1) is 21.2. The van der Waals surface area contributed by atoms with Crippen molar-refractivity contribution in [3.63, 3.8) is 0 Å². The normalized spacial score (nSPS) is 11.0. The average Bonchev–Trinajstić information content (AvgIpc) is 2.77. The molecule has 0 unspecified atom stereocenters. The molecule has 8 heteroatoms. The zero-order valence-electron chi connectivity index (χ0n) is 17.6. The second-order valence-corrected chi connectivity index (χ2v) is 7.62. The minimum atomic E-state index is -0.643. The van der Waals surface area contributed by atoms with E-state index in [1.807, 2.05) is 26.0 Å². The number of fused-ring (bicyclic) bond motifs is 1. The van der Waals surface area contributed by atoms with Crippen molar-refractivity contribution in [1.82, 2.24) is 14.1 Å². The maximum absolute atomic E-state index is 13.2. The highest BCUT2D eigenvalue weighted by Crippen LogP contribution is 2.16. The summed E-state index contributed by atoms with van der Waals surface area (Å²) in [6, 6.07) is 14.3. The lowest BCUT2D eigenvalue weighted by Gasteiger charge is -2.14. The predicted octanol–water partition coefficient (Wildman–Crippen LogP) is 3.00. The minimum absolute atomic E-state index is 0.0663. The number of anilines is 1. The van der Waals surface area contributed by atoms with Crippen LogP contribution in [-0.2, 0) is 17.9 Å². The van der Waals surface area contributed by atoms with Gasteiger partial charge < -0.3 is 5.32 Å². The van der Waals surface area contributed by atoms with Crippen molar-refractivity contribution in [3.8, 4) is 0 Å². The number of carbonyl (C=O) groups excluding carboxylic acids is 1. The minimum Gasteiger partial charge on any atom is -0.324 e. The number of benzene rings is 2. The molecular formula is C24H21FN4O3. The van der Waals surface area contributed by atoms with Gasteiger partial charge in [0.2, 0.25) is 5.91 Å². The fourth-order valence-corrected chi connectivity index (χ4v) is 3.59. The second-order valence-electron chi connectivity index (χ2n) is 7.62. The summed E-state index contributed by atoms with van der Waals surface area (Å²) in [4.78, 5) is 43.1. The van der Waals surface area contributed by atoms with Gasteiger partial charge in [-0.3, -0.25) is 18.7 Å². The van der Waals surface area contributed by atoms with Crippen molar-refractivity contribution in [2.45, 2.75) is 26.9 Å². The van der Waals surface area contributed by atoms with Crippen molar-refractivity contribution in [2.75, 3.05) is 5.32 Å². The van der Waals surface area contributed by atoms with Crippen LogP contribution in [0, 0.1) is 19.7 Å². The number of halogens is 1. The smallest absolute Gasteiger partial charge is 0.324 e. The molecule has 0 saturated carbocycles. The summed E-state index contributed by atoms with van der Waals surface area (Å²) in [5, 5.41) is 2.82. The van der Waals surface area contributed by atoms with E-state index in [2.05, 4.69) is 10.3 Å². The van der Waals surface area contributed by atoms with E-state index in [0.717, 1.165) is 15.7 Å². The fourth-order valence-electron chi connectivity index (χ4n) is 3.59. The van der Waals surface area contributed by atoms with E-state index in [1.165, 1.54) is 35.0 Å². The number of aryl methyl sites for hydroxylation is 2. The molecule has 162 valence electrons. The lowest BCUT2D eigenvalue weighted by atomic mass is 10.1. The molecular weight excluding hydrogens is 411 g/mol. The van der Waals surface area contributed by atoms with E-state index in [9.17, 15) is 18.8 Å². The van der Waals surface area contributed by atoms with Gasteiger partial charge in [-0.05, 0) is 55.3 Å². The maximum atomic E-state index is 13.2. The maximum Gasteiger partial charge on any atom is 0.332 e. The SMILES string of the molecule is Cc1ccc(NC(=O)Cn2c(=O)n(Cc3ccc(F)cc3)c(=O)c3ncccc32)c(C)c1. The summed E-state index contributed by atoms with van der Waals surface area (Å²) in [7, 11) is 0. The molecule has 0 fully saturated rings. The Morgan fingerprint density at radius 2 is 1.78 bits per heavy atom. The van der Waals surface area contributed by atoms with Gasteiger partial charge in [0.25, 0.3) is 5.56 Å². The zero-order valence-corrected chi connectivity index (χ0v) is 17.6. The number of hydrogen-bond donors (Lipinski definition) is 1. The van der Waals surface area contributed by atoms with Crippen molar-refractivity contribution in [1.29, 1.82) is 0 Å². The van der Waals surface area contributed by atoms with E-state index < -0.39 is 23.0 Å². The quantitative estimate of drug-likeness (QED) is 0.525. The first-order chi connectivity index (χ1) is 15.3. The molecule has 2 aromatic carbocycles. The Morgan fingerprint density at radius 1 is 1.03 bits per heavy atom. The highest BCUT2D eigenvalue weighted by atomic mass is 19.1. The molecule has 4 rings (SSSR count). The molecule has 7 nitrogen and oxygen atoms in total. The van der Waals surface area contributed by atoms with Crippen LogP contribution >= 0.6 is 0 Å². The van der Waals surface area contributed by atoms with Gasteiger partial charge in [0.05, 0.1) is 12.1 Å². The summed E-state index contributed by atoms with van der Waals surface area (Å²) in [5.41, 5.74) is 2.33. The molecule has 1 N–H and O–H groups in total. The van der Waals surface area contributed by atoms with Crippen molar-refractivity contribution in [3.05, 3.63) is 104 Å². The van der Waals surface area contributed by atoms with Gasteiger partial charge in [-0.15, -0.1) is 0 Å². The largest absolute Gasteiger partial charge is 0.332 e. The number of nitrogens with one attached hydrogen (secondary N) is 1. The number of nitrogens with zero attached hydrogens (tertiary/aromatic N) is 3. The lowest BCUT2D eigenvalue weighted by Crippen LogP contribution is -2.42. The van der Waals surface area contributed by atoms with E-state index in [4.69, 9.17) is 0 Å². The Kier molecular flexibility index (Phi) is 5.68. The number of carbonyl (C=O) groups is 1. The third kappa shape index (κ3) is 4.20. The molecule has 1 amide bonds. The molecule has 0 bridgehead atoms. The van der Waals surface area contributed by atoms with Gasteiger partial charge in [0, 0.05) is 11.9 Å². The summed E-state index contributed by atoms with van der Waals surface area (Å²) in [5.74, 6) is -0.821. The molecule has 0 aliphatic rings. The third-order valence-corrected chi connectivity index (χ3v) is 5.20. The van der Waals surface area contributed by atoms with Gasteiger partial charge in [0.15, 0.2) is 5.52 Å². The van der Waals surface area contributed by atoms with Crippen molar-refractivity contribution in [2.24, 2.45) is 0 Å². The Hall–Kier alpha value is -4.07. The first-order valence-corrected chi connectivity index (χ1v) is 10.0. The molecule has 2 aromatic heterocycles. The molecule has 4 aromatic rings. The van der Waals surface area contributed by atoms with E-state index in [0.29, 0.717) is 11.3 Å². The van der Waals surface area contributed by atoms with Crippen LogP contribution in [0.4, 0.5) is 10.1 Å². The summed E-state index contributed by atoms with van der Waals surface area (Å²) >= 11 is 0. The standard InChI is InChI=1S/C24H21FN4O3/c1-15-5-10-19(16(2)12-15)27-21(30)14-28-20-4-3-11-26-22(20)23(31)29(24(28)32)13-17-6-8-18(25)9-7-17/h3-12H,13-14H2,1-2H3,(H,27,30). The lowest BCUT2D eigenvalue weighted by molar-refractivity contribution is -0.116.